The van der Waals surface area contributed by atoms with Gasteiger partial charge in [0.05, 0.1) is 7.11 Å². The van der Waals surface area contributed by atoms with E-state index in [2.05, 4.69) is 11.7 Å². The van der Waals surface area contributed by atoms with Gasteiger partial charge in [0, 0.05) is 5.41 Å². The van der Waals surface area contributed by atoms with E-state index < -0.39 is 6.16 Å². The van der Waals surface area contributed by atoms with Crippen LogP contribution in [0.15, 0.2) is 0 Å². The van der Waals surface area contributed by atoms with Crippen LogP contribution in [0.2, 0.25) is 0 Å². The molecular formula is C12H16O3. The molecule has 4 aliphatic rings. The van der Waals surface area contributed by atoms with Gasteiger partial charge in [-0.25, -0.2) is 4.79 Å². The van der Waals surface area contributed by atoms with Crippen LogP contribution in [0.5, 0.6) is 0 Å². The van der Waals surface area contributed by atoms with Crippen molar-refractivity contribution in [2.45, 2.75) is 31.8 Å². The molecule has 0 radical (unpaired) electrons. The molecule has 0 aromatic carbocycles. The third kappa shape index (κ3) is 0.641. The van der Waals surface area contributed by atoms with Crippen LogP contribution in [-0.4, -0.2) is 18.9 Å². The number of carbonyl (C=O) groups is 1. The Kier molecular flexibility index (Phi) is 1.15. The standard InChI is InChI=1S/C12H16O3/c1-6-7-3-11-5-12(11,15-10(13)14-2)4-8(6)9(7)11/h6-9H,3-5H2,1-2H3. The van der Waals surface area contributed by atoms with E-state index in [0.717, 1.165) is 36.5 Å². The van der Waals surface area contributed by atoms with Crippen molar-refractivity contribution in [3.05, 3.63) is 0 Å². The summed E-state index contributed by atoms with van der Waals surface area (Å²) in [5.74, 6) is 3.53. The molecule has 82 valence electrons. The van der Waals surface area contributed by atoms with Gasteiger partial charge in [0.2, 0.25) is 0 Å². The summed E-state index contributed by atoms with van der Waals surface area (Å²) < 4.78 is 10.2. The highest BCUT2D eigenvalue weighted by Gasteiger charge is 2.89. The van der Waals surface area contributed by atoms with E-state index in [1.165, 1.54) is 13.5 Å². The normalized spacial score (nSPS) is 62.0. The summed E-state index contributed by atoms with van der Waals surface area (Å²) >= 11 is 0. The Labute approximate surface area is 89.1 Å². The van der Waals surface area contributed by atoms with Gasteiger partial charge < -0.3 is 9.47 Å². The van der Waals surface area contributed by atoms with Gasteiger partial charge in [-0.1, -0.05) is 6.92 Å². The molecule has 0 heterocycles. The van der Waals surface area contributed by atoms with E-state index in [-0.39, 0.29) is 5.60 Å². The first-order chi connectivity index (χ1) is 7.13. The zero-order valence-corrected chi connectivity index (χ0v) is 9.16. The number of rotatable bonds is 1. The highest BCUT2D eigenvalue weighted by molar-refractivity contribution is 5.62. The number of carbonyl (C=O) groups excluding carboxylic acids is 1. The summed E-state index contributed by atoms with van der Waals surface area (Å²) in [6.07, 6.45) is 3.03. The zero-order valence-electron chi connectivity index (χ0n) is 9.16. The van der Waals surface area contributed by atoms with Crippen LogP contribution in [0.4, 0.5) is 4.79 Å². The lowest BCUT2D eigenvalue weighted by molar-refractivity contribution is -0.136. The van der Waals surface area contributed by atoms with Crippen LogP contribution in [0.25, 0.3) is 0 Å². The largest absolute Gasteiger partial charge is 0.508 e. The molecule has 4 fully saturated rings. The average Bonchev–Trinajstić information content (AvgIpc) is 2.80. The lowest BCUT2D eigenvalue weighted by atomic mass is 9.43. The quantitative estimate of drug-likeness (QED) is 0.620. The van der Waals surface area contributed by atoms with E-state index in [9.17, 15) is 4.79 Å². The van der Waals surface area contributed by atoms with Gasteiger partial charge in [-0.3, -0.25) is 0 Å². The highest BCUT2D eigenvalue weighted by atomic mass is 16.7. The van der Waals surface area contributed by atoms with Crippen LogP contribution >= 0.6 is 0 Å². The summed E-state index contributed by atoms with van der Waals surface area (Å²) in [6, 6.07) is 0. The molecule has 0 saturated heterocycles. The summed E-state index contributed by atoms with van der Waals surface area (Å²) in [7, 11) is 1.39. The van der Waals surface area contributed by atoms with Crippen molar-refractivity contribution in [3.63, 3.8) is 0 Å². The molecule has 0 bridgehead atoms. The molecule has 6 unspecified atom stereocenters. The fourth-order valence-electron chi connectivity index (χ4n) is 5.17. The molecule has 4 saturated carbocycles. The molecule has 0 N–H and O–H groups in total. The maximum absolute atomic E-state index is 11.2. The molecular weight excluding hydrogens is 192 g/mol. The molecule has 3 nitrogen and oxygen atoms in total. The number of methoxy groups -OCH3 is 1. The van der Waals surface area contributed by atoms with Crippen molar-refractivity contribution < 1.29 is 14.3 Å². The fraction of sp³-hybridized carbons (Fsp3) is 0.917. The van der Waals surface area contributed by atoms with Crippen molar-refractivity contribution in [1.82, 2.24) is 0 Å². The predicted molar refractivity (Wildman–Crippen MR) is 52.1 cm³/mol. The van der Waals surface area contributed by atoms with Gasteiger partial charge >= 0.3 is 6.16 Å². The van der Waals surface area contributed by atoms with Crippen LogP contribution in [-0.2, 0) is 9.47 Å². The lowest BCUT2D eigenvalue weighted by Crippen LogP contribution is -2.56. The van der Waals surface area contributed by atoms with Gasteiger partial charge in [0.1, 0.15) is 5.60 Å². The van der Waals surface area contributed by atoms with Gasteiger partial charge in [-0.2, -0.15) is 0 Å². The SMILES string of the molecule is COC(=O)OC12CC3C(C)C4CC1(C2)C34. The maximum atomic E-state index is 11.2. The smallest absolute Gasteiger partial charge is 0.438 e. The second-order valence-corrected chi connectivity index (χ2v) is 6.00. The van der Waals surface area contributed by atoms with Crippen molar-refractivity contribution in [3.8, 4) is 0 Å². The van der Waals surface area contributed by atoms with Crippen molar-refractivity contribution in [2.24, 2.45) is 29.1 Å². The van der Waals surface area contributed by atoms with Crippen molar-refractivity contribution in [2.75, 3.05) is 7.11 Å². The molecule has 4 rings (SSSR count). The van der Waals surface area contributed by atoms with E-state index >= 15 is 0 Å². The Bertz CT molecular complexity index is 366. The fourth-order valence-corrected chi connectivity index (χ4v) is 5.17. The van der Waals surface area contributed by atoms with E-state index in [0.29, 0.717) is 5.41 Å². The molecule has 1 spiro atoms. The molecule has 0 aliphatic heterocycles. The molecule has 4 aliphatic carbocycles. The Morgan fingerprint density at radius 3 is 2.73 bits per heavy atom. The first-order valence-corrected chi connectivity index (χ1v) is 5.90. The van der Waals surface area contributed by atoms with Gasteiger partial charge in [-0.05, 0) is 42.9 Å². The third-order valence-electron chi connectivity index (χ3n) is 5.91. The van der Waals surface area contributed by atoms with Crippen LogP contribution in [0.1, 0.15) is 26.2 Å². The molecule has 0 amide bonds. The zero-order chi connectivity index (χ0) is 10.4. The van der Waals surface area contributed by atoms with E-state index in [4.69, 9.17) is 4.74 Å². The van der Waals surface area contributed by atoms with Gasteiger partial charge in [0.15, 0.2) is 0 Å². The van der Waals surface area contributed by atoms with Crippen molar-refractivity contribution in [1.29, 1.82) is 0 Å². The van der Waals surface area contributed by atoms with Crippen LogP contribution in [0.3, 0.4) is 0 Å². The number of hydrogen-bond acceptors (Lipinski definition) is 3. The number of ether oxygens (including phenoxy) is 2. The summed E-state index contributed by atoms with van der Waals surface area (Å²) in [5.41, 5.74) is 0.305. The average molecular weight is 208 g/mol. The second-order valence-electron chi connectivity index (χ2n) is 6.00. The Morgan fingerprint density at radius 1 is 1.33 bits per heavy atom. The van der Waals surface area contributed by atoms with E-state index in [1.54, 1.807) is 0 Å². The second kappa shape index (κ2) is 2.04. The topological polar surface area (TPSA) is 35.5 Å². The minimum absolute atomic E-state index is 0.101. The summed E-state index contributed by atoms with van der Waals surface area (Å²) in [5, 5.41) is 0. The number of hydrogen-bond donors (Lipinski definition) is 0. The highest BCUT2D eigenvalue weighted by Crippen LogP contribution is 2.89. The van der Waals surface area contributed by atoms with Crippen LogP contribution < -0.4 is 0 Å². The Morgan fingerprint density at radius 2 is 2.07 bits per heavy atom. The molecule has 3 heteroatoms. The first-order valence-electron chi connectivity index (χ1n) is 5.90. The third-order valence-corrected chi connectivity index (χ3v) is 5.91. The summed E-state index contributed by atoms with van der Waals surface area (Å²) in [4.78, 5) is 11.2. The Hall–Kier alpha value is -0.730. The van der Waals surface area contributed by atoms with Crippen molar-refractivity contribution >= 4 is 6.16 Å². The summed E-state index contributed by atoms with van der Waals surface area (Å²) in [6.45, 7) is 2.36. The minimum atomic E-state index is -0.482. The lowest BCUT2D eigenvalue weighted by Gasteiger charge is -2.60. The van der Waals surface area contributed by atoms with E-state index in [1.807, 2.05) is 0 Å². The first kappa shape index (κ1) is 8.43. The monoisotopic (exact) mass is 208 g/mol. The van der Waals surface area contributed by atoms with Gasteiger partial charge in [0.25, 0.3) is 0 Å². The molecule has 6 atom stereocenters. The molecule has 15 heavy (non-hydrogen) atoms. The predicted octanol–water partition coefficient (Wildman–Crippen LogP) is 2.20. The minimum Gasteiger partial charge on any atom is -0.438 e. The van der Waals surface area contributed by atoms with Crippen LogP contribution in [0, 0.1) is 29.1 Å². The molecule has 0 aromatic heterocycles. The maximum Gasteiger partial charge on any atom is 0.508 e. The Balaban J connectivity index is 1.60. The molecule has 0 aromatic rings. The van der Waals surface area contributed by atoms with Gasteiger partial charge in [-0.15, -0.1) is 0 Å².